The summed E-state index contributed by atoms with van der Waals surface area (Å²) in [6, 6.07) is 14.2. The number of benzene rings is 2. The third-order valence-corrected chi connectivity index (χ3v) is 6.71. The van der Waals surface area contributed by atoms with Crippen molar-refractivity contribution in [3.63, 3.8) is 0 Å². The first-order valence-corrected chi connectivity index (χ1v) is 14.7. The number of nitrogens with one attached hydrogen (secondary N) is 1. The lowest BCUT2D eigenvalue weighted by atomic mass is 10.0. The maximum Gasteiger partial charge on any atom is 0.248 e. The highest BCUT2D eigenvalue weighted by atomic mass is 16.5. The molecule has 2 N–H and O–H groups in total. The van der Waals surface area contributed by atoms with E-state index in [1.54, 1.807) is 30.3 Å². The predicted octanol–water partition coefficient (Wildman–Crippen LogP) is 9.68. The lowest BCUT2D eigenvalue weighted by Crippen LogP contribution is -2.07. The van der Waals surface area contributed by atoms with Gasteiger partial charge in [0.1, 0.15) is 11.5 Å². The second-order valence-corrected chi connectivity index (χ2v) is 10.1. The largest absolute Gasteiger partial charge is 0.508 e. The molecule has 4 heteroatoms. The Bertz CT molecular complexity index is 858. The quantitative estimate of drug-likeness (QED) is 0.131. The molecular formula is C33H49NO3. The number of hydrogen-bond donors (Lipinski definition) is 2. The van der Waals surface area contributed by atoms with E-state index in [0.29, 0.717) is 0 Å². The van der Waals surface area contributed by atoms with E-state index in [-0.39, 0.29) is 11.7 Å². The molecule has 0 atom stereocenters. The van der Waals surface area contributed by atoms with Crippen molar-refractivity contribution in [1.29, 1.82) is 0 Å². The van der Waals surface area contributed by atoms with Crippen LogP contribution in [0.3, 0.4) is 0 Å². The minimum atomic E-state index is -0.199. The molecule has 0 bridgehead atoms. The van der Waals surface area contributed by atoms with Crippen LogP contribution in [0.1, 0.15) is 115 Å². The van der Waals surface area contributed by atoms with E-state index in [4.69, 9.17) is 4.74 Å². The highest BCUT2D eigenvalue weighted by Gasteiger charge is 2.00. The van der Waals surface area contributed by atoms with E-state index in [0.717, 1.165) is 30.0 Å². The van der Waals surface area contributed by atoms with Gasteiger partial charge in [0, 0.05) is 11.8 Å². The van der Waals surface area contributed by atoms with Crippen LogP contribution in [0.4, 0.5) is 5.69 Å². The van der Waals surface area contributed by atoms with Crippen LogP contribution in [-0.2, 0) is 4.79 Å². The van der Waals surface area contributed by atoms with Gasteiger partial charge in [-0.2, -0.15) is 0 Å². The van der Waals surface area contributed by atoms with Crippen molar-refractivity contribution in [2.75, 3.05) is 11.9 Å². The van der Waals surface area contributed by atoms with Crippen molar-refractivity contribution in [2.24, 2.45) is 0 Å². The first kappa shape index (κ1) is 30.5. The van der Waals surface area contributed by atoms with Gasteiger partial charge in [0.15, 0.2) is 0 Å². The maximum atomic E-state index is 12.1. The number of anilines is 1. The van der Waals surface area contributed by atoms with Crippen molar-refractivity contribution in [1.82, 2.24) is 0 Å². The average molecular weight is 508 g/mol. The van der Waals surface area contributed by atoms with Gasteiger partial charge in [-0.15, -0.1) is 0 Å². The maximum absolute atomic E-state index is 12.1. The first-order chi connectivity index (χ1) is 18.2. The van der Waals surface area contributed by atoms with Gasteiger partial charge >= 0.3 is 0 Å². The van der Waals surface area contributed by atoms with Crippen molar-refractivity contribution in [3.05, 3.63) is 60.2 Å². The molecule has 0 fully saturated rings. The van der Waals surface area contributed by atoms with Gasteiger partial charge in [0.05, 0.1) is 6.61 Å². The molecule has 2 rings (SSSR count). The molecule has 0 heterocycles. The van der Waals surface area contributed by atoms with Crippen LogP contribution in [-0.4, -0.2) is 17.6 Å². The van der Waals surface area contributed by atoms with E-state index in [1.807, 2.05) is 24.3 Å². The van der Waals surface area contributed by atoms with E-state index < -0.39 is 0 Å². The average Bonchev–Trinajstić information content (AvgIpc) is 2.91. The molecule has 37 heavy (non-hydrogen) atoms. The van der Waals surface area contributed by atoms with Gasteiger partial charge in [-0.3, -0.25) is 4.79 Å². The molecule has 0 aliphatic rings. The topological polar surface area (TPSA) is 58.6 Å². The lowest BCUT2D eigenvalue weighted by Gasteiger charge is -2.08. The zero-order chi connectivity index (χ0) is 26.4. The Morgan fingerprint density at radius 3 is 1.70 bits per heavy atom. The Hall–Kier alpha value is -2.75. The third kappa shape index (κ3) is 15.9. The molecule has 0 aliphatic heterocycles. The molecule has 0 unspecified atom stereocenters. The number of phenols is 1. The van der Waals surface area contributed by atoms with Crippen LogP contribution < -0.4 is 10.1 Å². The summed E-state index contributed by atoms with van der Waals surface area (Å²) in [5.74, 6) is 0.840. The minimum Gasteiger partial charge on any atom is -0.508 e. The van der Waals surface area contributed by atoms with E-state index in [2.05, 4.69) is 12.2 Å². The monoisotopic (exact) mass is 507 g/mol. The van der Waals surface area contributed by atoms with Crippen LogP contribution in [0.25, 0.3) is 6.08 Å². The molecule has 0 aliphatic carbocycles. The second kappa shape index (κ2) is 20.3. The fourth-order valence-electron chi connectivity index (χ4n) is 4.42. The SMILES string of the molecule is CCCCCCCCCCCCCCCCCCOc1ccc(NC(=O)/C=C/c2ccc(O)cc2)cc1. The smallest absolute Gasteiger partial charge is 0.248 e. The number of ether oxygens (including phenoxy) is 1. The summed E-state index contributed by atoms with van der Waals surface area (Å²) in [6.45, 7) is 3.02. The molecule has 2 aromatic carbocycles. The van der Waals surface area contributed by atoms with Crippen LogP contribution >= 0.6 is 0 Å². The molecule has 0 saturated heterocycles. The highest BCUT2D eigenvalue weighted by Crippen LogP contribution is 2.18. The Morgan fingerprint density at radius 2 is 1.19 bits per heavy atom. The van der Waals surface area contributed by atoms with Crippen molar-refractivity contribution in [3.8, 4) is 11.5 Å². The summed E-state index contributed by atoms with van der Waals surface area (Å²) in [4.78, 5) is 12.1. The lowest BCUT2D eigenvalue weighted by molar-refractivity contribution is -0.111. The number of aromatic hydroxyl groups is 1. The predicted molar refractivity (Wildman–Crippen MR) is 157 cm³/mol. The summed E-state index contributed by atoms with van der Waals surface area (Å²) in [7, 11) is 0. The minimum absolute atomic E-state index is 0.199. The Labute approximate surface area is 225 Å². The molecule has 1 amide bonds. The molecule has 0 spiro atoms. The Kier molecular flexibility index (Phi) is 16.7. The summed E-state index contributed by atoms with van der Waals surface area (Å²) in [5, 5.41) is 12.2. The summed E-state index contributed by atoms with van der Waals surface area (Å²) < 4.78 is 5.85. The van der Waals surface area contributed by atoms with Crippen molar-refractivity contribution < 1.29 is 14.6 Å². The van der Waals surface area contributed by atoms with Gasteiger partial charge in [-0.25, -0.2) is 0 Å². The zero-order valence-electron chi connectivity index (χ0n) is 23.1. The molecule has 4 nitrogen and oxygen atoms in total. The zero-order valence-corrected chi connectivity index (χ0v) is 23.1. The number of rotatable bonds is 21. The fourth-order valence-corrected chi connectivity index (χ4v) is 4.42. The molecular weight excluding hydrogens is 458 g/mol. The number of carbonyl (C=O) groups excluding carboxylic acids is 1. The van der Waals surface area contributed by atoms with E-state index >= 15 is 0 Å². The molecule has 0 saturated carbocycles. The van der Waals surface area contributed by atoms with Crippen LogP contribution in [0.2, 0.25) is 0 Å². The second-order valence-electron chi connectivity index (χ2n) is 10.1. The van der Waals surface area contributed by atoms with Gasteiger partial charge in [0.2, 0.25) is 5.91 Å². The molecule has 2 aromatic rings. The van der Waals surface area contributed by atoms with Gasteiger partial charge in [-0.1, -0.05) is 115 Å². The highest BCUT2D eigenvalue weighted by molar-refractivity contribution is 6.01. The number of phenolic OH excluding ortho intramolecular Hbond substituents is 1. The van der Waals surface area contributed by atoms with E-state index in [9.17, 15) is 9.90 Å². The van der Waals surface area contributed by atoms with Gasteiger partial charge < -0.3 is 15.2 Å². The number of carbonyl (C=O) groups is 1. The number of unbranched alkanes of at least 4 members (excludes halogenated alkanes) is 15. The van der Waals surface area contributed by atoms with Crippen LogP contribution in [0, 0.1) is 0 Å². The summed E-state index contributed by atoms with van der Waals surface area (Å²) in [5.41, 5.74) is 1.58. The standard InChI is InChI=1S/C33H49NO3/c1-2-3-4-5-6-7-8-9-10-11-12-13-14-15-16-17-28-37-32-25-21-30(22-26-32)34-33(36)27-20-29-18-23-31(35)24-19-29/h18-27,35H,2-17,28H2,1H3,(H,34,36)/b27-20+. The van der Waals surface area contributed by atoms with Crippen LogP contribution in [0.5, 0.6) is 11.5 Å². The van der Waals surface area contributed by atoms with Gasteiger partial charge in [0.25, 0.3) is 0 Å². The van der Waals surface area contributed by atoms with Crippen LogP contribution in [0.15, 0.2) is 54.6 Å². The first-order valence-electron chi connectivity index (χ1n) is 14.7. The fraction of sp³-hybridized carbons (Fsp3) is 0.545. The normalized spacial score (nSPS) is 11.2. The number of amides is 1. The van der Waals surface area contributed by atoms with E-state index in [1.165, 1.54) is 102 Å². The summed E-state index contributed by atoms with van der Waals surface area (Å²) in [6.07, 6.45) is 25.1. The van der Waals surface area contributed by atoms with Crippen molar-refractivity contribution >= 4 is 17.7 Å². The van der Waals surface area contributed by atoms with Crippen molar-refractivity contribution in [2.45, 2.75) is 110 Å². The summed E-state index contributed by atoms with van der Waals surface area (Å²) >= 11 is 0. The van der Waals surface area contributed by atoms with Gasteiger partial charge in [-0.05, 0) is 54.5 Å². The Morgan fingerprint density at radius 1 is 0.703 bits per heavy atom. The number of hydrogen-bond acceptors (Lipinski definition) is 3. The molecule has 0 aromatic heterocycles. The molecule has 0 radical (unpaired) electrons. The molecule has 204 valence electrons. The Balaban J connectivity index is 1.41. The third-order valence-electron chi connectivity index (χ3n) is 6.71.